The fraction of sp³-hybridized carbons (Fsp3) is 0.676. The zero-order chi connectivity index (χ0) is 37.9. The van der Waals surface area contributed by atoms with Crippen LogP contribution in [0, 0.1) is 5.92 Å². The van der Waals surface area contributed by atoms with Gasteiger partial charge >= 0.3 is 15.6 Å². The first-order chi connectivity index (χ1) is 23.4. The molecule has 1 fully saturated rings. The van der Waals surface area contributed by atoms with Gasteiger partial charge in [-0.15, -0.1) is 0 Å². The Morgan fingerprint density at radius 1 is 0.640 bits per heavy atom. The van der Waals surface area contributed by atoms with Crippen LogP contribution in [-0.2, 0) is 27.2 Å². The Morgan fingerprint density at radius 2 is 1.04 bits per heavy atom. The van der Waals surface area contributed by atoms with Crippen molar-refractivity contribution in [2.75, 3.05) is 13.2 Å². The van der Waals surface area contributed by atoms with Crippen molar-refractivity contribution in [3.05, 3.63) is 69.9 Å². The molecular formula is C37H64O11P2. The molecule has 0 aromatic rings. The zero-order valence-electron chi connectivity index (χ0n) is 31.4. The molecule has 7 atom stereocenters. The molecule has 1 heterocycles. The fourth-order valence-corrected chi connectivity index (χ4v) is 7.36. The molecule has 13 heteroatoms. The molecule has 0 bridgehead atoms. The minimum atomic E-state index is -5.21. The zero-order valence-corrected chi connectivity index (χ0v) is 33.2. The lowest BCUT2D eigenvalue weighted by Gasteiger charge is -2.40. The van der Waals surface area contributed by atoms with E-state index in [1.165, 1.54) is 34.8 Å². The van der Waals surface area contributed by atoms with Gasteiger partial charge in [-0.1, -0.05) is 76.8 Å². The SMILES string of the molecule is CC(C)=CCC/C(C)=C/CC/C(C)=C\CC/C(C)=C\CC/C(C)=C\CC/C(C)=C\COP(=O)(O)OP(=O)(O)O[C@H]1OC(CO)[C@@H](O)[C@H](O)C1C. The number of phosphoric acid groups is 2. The lowest BCUT2D eigenvalue weighted by atomic mass is 9.93. The molecule has 11 nitrogen and oxygen atoms in total. The smallest absolute Gasteiger partial charge is 0.394 e. The van der Waals surface area contributed by atoms with Gasteiger partial charge < -0.3 is 29.8 Å². The van der Waals surface area contributed by atoms with E-state index < -0.39 is 52.8 Å². The molecule has 0 radical (unpaired) electrons. The Morgan fingerprint density at radius 3 is 1.44 bits per heavy atom. The van der Waals surface area contributed by atoms with E-state index in [4.69, 9.17) is 13.8 Å². The number of rotatable bonds is 23. The highest BCUT2D eigenvalue weighted by Gasteiger charge is 2.47. The largest absolute Gasteiger partial charge is 0.483 e. The van der Waals surface area contributed by atoms with Crippen molar-refractivity contribution in [2.45, 2.75) is 144 Å². The van der Waals surface area contributed by atoms with E-state index in [9.17, 15) is 34.2 Å². The van der Waals surface area contributed by atoms with Crippen molar-refractivity contribution in [2.24, 2.45) is 5.92 Å². The van der Waals surface area contributed by atoms with Gasteiger partial charge in [-0.25, -0.2) is 9.13 Å². The number of phosphoric ester groups is 2. The second-order valence-corrected chi connectivity index (χ2v) is 16.7. The molecule has 0 saturated carbocycles. The third-order valence-electron chi connectivity index (χ3n) is 8.52. The van der Waals surface area contributed by atoms with E-state index in [2.05, 4.69) is 76.2 Å². The third-order valence-corrected chi connectivity index (χ3v) is 11.1. The molecule has 0 aromatic carbocycles. The molecule has 1 aliphatic heterocycles. The number of allylic oxidation sites excluding steroid dienone is 11. The summed E-state index contributed by atoms with van der Waals surface area (Å²) in [6.07, 6.45) is 17.3. The van der Waals surface area contributed by atoms with Gasteiger partial charge in [-0.3, -0.25) is 9.05 Å². The summed E-state index contributed by atoms with van der Waals surface area (Å²) in [5.74, 6) is -1.02. The normalized spacial score (nSPS) is 25.3. The van der Waals surface area contributed by atoms with Gasteiger partial charge in [-0.2, -0.15) is 4.31 Å². The second kappa shape index (κ2) is 24.0. The first-order valence-corrected chi connectivity index (χ1v) is 20.6. The Bertz CT molecular complexity index is 1310. The van der Waals surface area contributed by atoms with Crippen molar-refractivity contribution in [3.8, 4) is 0 Å². The minimum absolute atomic E-state index is 0.345. The van der Waals surface area contributed by atoms with Crippen LogP contribution in [0.1, 0.15) is 120 Å². The van der Waals surface area contributed by atoms with Crippen molar-refractivity contribution in [1.29, 1.82) is 0 Å². The van der Waals surface area contributed by atoms with E-state index in [1.54, 1.807) is 6.08 Å². The fourth-order valence-electron chi connectivity index (χ4n) is 5.20. The summed E-state index contributed by atoms with van der Waals surface area (Å²) in [6.45, 7) is 15.2. The maximum Gasteiger partial charge on any atom is 0.483 e. The lowest BCUT2D eigenvalue weighted by molar-refractivity contribution is -0.259. The van der Waals surface area contributed by atoms with Gasteiger partial charge in [0.2, 0.25) is 0 Å². The van der Waals surface area contributed by atoms with Crippen LogP contribution in [0.2, 0.25) is 0 Å². The maximum atomic E-state index is 12.4. The summed E-state index contributed by atoms with van der Waals surface area (Å²) in [4.78, 5) is 20.0. The molecule has 50 heavy (non-hydrogen) atoms. The summed E-state index contributed by atoms with van der Waals surface area (Å²) >= 11 is 0. The highest BCUT2D eigenvalue weighted by molar-refractivity contribution is 7.61. The lowest BCUT2D eigenvalue weighted by Crippen LogP contribution is -2.55. The molecule has 1 aliphatic rings. The van der Waals surface area contributed by atoms with Gasteiger partial charge in [0.25, 0.3) is 0 Å². The van der Waals surface area contributed by atoms with E-state index in [0.717, 1.165) is 63.4 Å². The van der Waals surface area contributed by atoms with Crippen LogP contribution in [-0.4, -0.2) is 62.9 Å². The van der Waals surface area contributed by atoms with Crippen LogP contribution >= 0.6 is 15.6 Å². The quantitative estimate of drug-likeness (QED) is 0.0499. The van der Waals surface area contributed by atoms with Crippen LogP contribution < -0.4 is 0 Å². The van der Waals surface area contributed by atoms with Crippen LogP contribution in [0.3, 0.4) is 0 Å². The predicted molar refractivity (Wildman–Crippen MR) is 199 cm³/mol. The molecule has 0 spiro atoms. The van der Waals surface area contributed by atoms with Crippen LogP contribution in [0.25, 0.3) is 0 Å². The molecule has 1 rings (SSSR count). The molecule has 0 aromatic heterocycles. The molecule has 4 unspecified atom stereocenters. The van der Waals surface area contributed by atoms with Gasteiger partial charge in [0.1, 0.15) is 12.2 Å². The molecule has 1 saturated heterocycles. The minimum Gasteiger partial charge on any atom is -0.394 e. The predicted octanol–water partition coefficient (Wildman–Crippen LogP) is 8.91. The standard InChI is InChI=1S/C37H64O11P2/c1-27(2)14-9-15-28(3)16-10-17-29(4)18-11-19-30(5)20-12-21-31(6)22-13-23-32(7)24-25-45-49(41,42)48-50(43,44)47-37-33(8)35(39)36(40)34(26-38)46-37/h14,16,18,20,22,24,33-40H,9-13,15,17,19,21,23,25-26H2,1-8H3,(H,41,42)(H,43,44)/b28-16+,29-18-,30-20-,31-22-,32-24-/t33?,34?,35-,36-,37-/m1/s1. The Balaban J connectivity index is 2.38. The number of hydrogen-bond donors (Lipinski definition) is 5. The average Bonchev–Trinajstić information content (AvgIpc) is 3.00. The molecule has 0 amide bonds. The van der Waals surface area contributed by atoms with Gasteiger partial charge in [0, 0.05) is 5.92 Å². The van der Waals surface area contributed by atoms with Gasteiger partial charge in [0.05, 0.1) is 19.3 Å². The van der Waals surface area contributed by atoms with Crippen molar-refractivity contribution in [1.82, 2.24) is 0 Å². The van der Waals surface area contributed by atoms with Crippen molar-refractivity contribution >= 4 is 15.6 Å². The summed E-state index contributed by atoms with van der Waals surface area (Å²) < 4.78 is 43.9. The van der Waals surface area contributed by atoms with Crippen molar-refractivity contribution in [3.63, 3.8) is 0 Å². The Kier molecular flexibility index (Phi) is 22.3. The highest BCUT2D eigenvalue weighted by Crippen LogP contribution is 2.61. The Hall–Kier alpha value is -1.46. The van der Waals surface area contributed by atoms with E-state index >= 15 is 0 Å². The average molecular weight is 747 g/mol. The monoisotopic (exact) mass is 746 g/mol. The van der Waals surface area contributed by atoms with Crippen molar-refractivity contribution < 1.29 is 52.3 Å². The second-order valence-electron chi connectivity index (χ2n) is 13.7. The third kappa shape index (κ3) is 20.5. The van der Waals surface area contributed by atoms with Gasteiger partial charge in [0.15, 0.2) is 6.29 Å². The number of ether oxygens (including phenoxy) is 1. The Labute approximate surface area is 300 Å². The maximum absolute atomic E-state index is 12.4. The summed E-state index contributed by atoms with van der Waals surface area (Å²) in [6, 6.07) is 0. The van der Waals surface area contributed by atoms with Crippen LogP contribution in [0.15, 0.2) is 69.9 Å². The molecular weight excluding hydrogens is 682 g/mol. The highest BCUT2D eigenvalue weighted by atomic mass is 31.3. The first kappa shape index (κ1) is 46.6. The first-order valence-electron chi connectivity index (χ1n) is 17.6. The summed E-state index contributed by atoms with van der Waals surface area (Å²) in [7, 11) is -10.2. The number of aliphatic hydroxyl groups excluding tert-OH is 3. The number of aliphatic hydroxyl groups is 3. The van der Waals surface area contributed by atoms with E-state index in [0.29, 0.717) is 6.42 Å². The molecule has 0 aliphatic carbocycles. The summed E-state index contributed by atoms with van der Waals surface area (Å²) in [5, 5.41) is 29.3. The molecule has 5 N–H and O–H groups in total. The van der Waals surface area contributed by atoms with E-state index in [1.807, 2.05) is 6.92 Å². The molecule has 288 valence electrons. The summed E-state index contributed by atoms with van der Waals surface area (Å²) in [5.41, 5.74) is 7.88. The van der Waals surface area contributed by atoms with Crippen LogP contribution in [0.5, 0.6) is 0 Å². The van der Waals surface area contributed by atoms with E-state index in [-0.39, 0.29) is 6.61 Å². The van der Waals surface area contributed by atoms with Gasteiger partial charge in [-0.05, 0) is 113 Å². The number of hydrogen-bond acceptors (Lipinski definition) is 9. The van der Waals surface area contributed by atoms with Crippen LogP contribution in [0.4, 0.5) is 0 Å². The topological polar surface area (TPSA) is 172 Å².